The summed E-state index contributed by atoms with van der Waals surface area (Å²) < 4.78 is 12.3. The van der Waals surface area contributed by atoms with E-state index in [1.165, 1.54) is 6.92 Å². The number of pyridine rings is 2. The highest BCUT2D eigenvalue weighted by Gasteiger charge is 2.47. The first kappa shape index (κ1) is 25.4. The third-order valence-corrected chi connectivity index (χ3v) is 14.0. The SMILES string of the molecule is CC[C@]1(O)C(=O)OCc2c1cc1n(c2=O)Cc2c-1nc1ccc(OC(C)=O)cc1c2[Si](C)(C)C(C)(C)C. The molecule has 9 heteroatoms. The molecule has 0 radical (unpaired) electrons. The van der Waals surface area contributed by atoms with Crippen molar-refractivity contribution in [3.05, 3.63) is 51.3 Å². The lowest BCUT2D eigenvalue weighted by Gasteiger charge is -2.39. The van der Waals surface area contributed by atoms with Crippen molar-refractivity contribution in [3.63, 3.8) is 0 Å². The fourth-order valence-electron chi connectivity index (χ4n) is 5.38. The smallest absolute Gasteiger partial charge is 0.343 e. The van der Waals surface area contributed by atoms with Crippen molar-refractivity contribution in [3.8, 4) is 17.1 Å². The average Bonchev–Trinajstić information content (AvgIpc) is 3.17. The van der Waals surface area contributed by atoms with Crippen molar-refractivity contribution in [2.75, 3.05) is 0 Å². The van der Waals surface area contributed by atoms with Gasteiger partial charge in [-0.2, -0.15) is 0 Å². The fraction of sp³-hybridized carbons (Fsp3) is 0.429. The van der Waals surface area contributed by atoms with Gasteiger partial charge in [-0.15, -0.1) is 0 Å². The number of hydrogen-bond acceptors (Lipinski definition) is 7. The van der Waals surface area contributed by atoms with Crippen LogP contribution in [0.4, 0.5) is 0 Å². The predicted octanol–water partition coefficient (Wildman–Crippen LogP) is 3.72. The molecule has 5 rings (SSSR count). The minimum Gasteiger partial charge on any atom is -0.458 e. The van der Waals surface area contributed by atoms with Gasteiger partial charge < -0.3 is 19.1 Å². The van der Waals surface area contributed by atoms with Crippen LogP contribution in [-0.4, -0.2) is 34.7 Å². The van der Waals surface area contributed by atoms with Gasteiger partial charge in [-0.05, 0) is 46.5 Å². The van der Waals surface area contributed by atoms with Gasteiger partial charge in [0.15, 0.2) is 5.60 Å². The molecule has 0 spiro atoms. The molecule has 194 valence electrons. The quantitative estimate of drug-likeness (QED) is 0.249. The van der Waals surface area contributed by atoms with Gasteiger partial charge >= 0.3 is 11.9 Å². The number of carbonyl (C=O) groups is 2. The number of nitrogens with zero attached hydrogens (tertiary/aromatic N) is 2. The van der Waals surface area contributed by atoms with Crippen LogP contribution in [0.15, 0.2) is 29.1 Å². The Morgan fingerprint density at radius 3 is 2.54 bits per heavy atom. The average molecular weight is 521 g/mol. The molecule has 0 aliphatic carbocycles. The van der Waals surface area contributed by atoms with E-state index in [2.05, 4.69) is 33.9 Å². The number of esters is 2. The maximum absolute atomic E-state index is 13.7. The molecule has 0 saturated heterocycles. The highest BCUT2D eigenvalue weighted by atomic mass is 28.3. The molecule has 2 aromatic heterocycles. The van der Waals surface area contributed by atoms with Crippen LogP contribution in [0.25, 0.3) is 22.3 Å². The van der Waals surface area contributed by atoms with Crippen molar-refractivity contribution < 1.29 is 24.2 Å². The minimum absolute atomic E-state index is 0.0335. The molecule has 8 nitrogen and oxygen atoms in total. The third kappa shape index (κ3) is 3.59. The van der Waals surface area contributed by atoms with Crippen LogP contribution in [0.5, 0.6) is 5.75 Å². The largest absolute Gasteiger partial charge is 0.458 e. The zero-order valence-electron chi connectivity index (χ0n) is 22.3. The van der Waals surface area contributed by atoms with Crippen molar-refractivity contribution in [2.45, 2.75) is 77.9 Å². The molecular formula is C28H32N2O6Si. The summed E-state index contributed by atoms with van der Waals surface area (Å²) in [4.78, 5) is 42.9. The number of hydrogen-bond donors (Lipinski definition) is 1. The molecule has 0 saturated carbocycles. The van der Waals surface area contributed by atoms with Crippen molar-refractivity contribution in [1.82, 2.24) is 9.55 Å². The van der Waals surface area contributed by atoms with E-state index >= 15 is 0 Å². The lowest BCUT2D eigenvalue weighted by atomic mass is 9.86. The number of fused-ring (bicyclic) bond motifs is 5. The Bertz CT molecular complexity index is 1570. The van der Waals surface area contributed by atoms with Crippen molar-refractivity contribution in [2.24, 2.45) is 0 Å². The summed E-state index contributed by atoms with van der Waals surface area (Å²) in [6, 6.07) is 7.18. The van der Waals surface area contributed by atoms with E-state index in [1.54, 1.807) is 23.6 Å². The molecule has 1 N–H and O–H groups in total. The summed E-state index contributed by atoms with van der Waals surface area (Å²) in [6.07, 6.45) is 0.0911. The molecule has 37 heavy (non-hydrogen) atoms. The number of benzene rings is 1. The molecule has 0 amide bonds. The van der Waals surface area contributed by atoms with Gasteiger partial charge in [0.25, 0.3) is 5.56 Å². The predicted molar refractivity (Wildman–Crippen MR) is 143 cm³/mol. The summed E-state index contributed by atoms with van der Waals surface area (Å²) in [5, 5.41) is 13.2. The number of aliphatic hydroxyl groups is 1. The van der Waals surface area contributed by atoms with E-state index < -0.39 is 25.6 Å². The number of cyclic esters (lactones) is 1. The lowest BCUT2D eigenvalue weighted by molar-refractivity contribution is -0.172. The summed E-state index contributed by atoms with van der Waals surface area (Å²) >= 11 is 0. The Labute approximate surface area is 216 Å². The molecule has 3 aromatic rings. The Balaban J connectivity index is 1.86. The number of ether oxygens (including phenoxy) is 2. The van der Waals surface area contributed by atoms with Crippen LogP contribution in [0.3, 0.4) is 0 Å². The van der Waals surface area contributed by atoms with Gasteiger partial charge in [0.2, 0.25) is 0 Å². The maximum atomic E-state index is 13.7. The summed E-state index contributed by atoms with van der Waals surface area (Å²) in [5.41, 5.74) is 1.42. The minimum atomic E-state index is -2.22. The van der Waals surface area contributed by atoms with Gasteiger partial charge in [0, 0.05) is 17.9 Å². The van der Waals surface area contributed by atoms with Crippen LogP contribution in [0, 0.1) is 0 Å². The van der Waals surface area contributed by atoms with Crippen LogP contribution in [0.2, 0.25) is 18.1 Å². The van der Waals surface area contributed by atoms with E-state index in [9.17, 15) is 19.5 Å². The summed E-state index contributed by atoms with van der Waals surface area (Å²) in [7, 11) is -2.22. The monoisotopic (exact) mass is 520 g/mol. The molecule has 2 aliphatic heterocycles. The van der Waals surface area contributed by atoms with Crippen LogP contribution in [-0.2, 0) is 33.1 Å². The zero-order chi connectivity index (χ0) is 27.1. The Morgan fingerprint density at radius 2 is 1.92 bits per heavy atom. The van der Waals surface area contributed by atoms with E-state index in [4.69, 9.17) is 14.5 Å². The van der Waals surface area contributed by atoms with Crippen molar-refractivity contribution >= 4 is 36.1 Å². The van der Waals surface area contributed by atoms with Gasteiger partial charge in [-0.3, -0.25) is 9.59 Å². The molecule has 4 heterocycles. The highest BCUT2D eigenvalue weighted by molar-refractivity contribution is 6.94. The van der Waals surface area contributed by atoms with Crippen LogP contribution in [0.1, 0.15) is 57.7 Å². The molecule has 0 unspecified atom stereocenters. The van der Waals surface area contributed by atoms with Gasteiger partial charge in [0.05, 0.1) is 37.1 Å². The number of aromatic nitrogens is 2. The molecule has 1 atom stereocenters. The number of carbonyl (C=O) groups excluding carboxylic acids is 2. The Kier molecular flexibility index (Phi) is 5.55. The van der Waals surface area contributed by atoms with Gasteiger partial charge in [-0.1, -0.05) is 40.8 Å². The van der Waals surface area contributed by atoms with E-state index in [0.717, 1.165) is 21.7 Å². The second kappa shape index (κ2) is 8.10. The van der Waals surface area contributed by atoms with E-state index in [1.807, 2.05) is 12.1 Å². The standard InChI is InChI=1S/C28H32N2O6Si/c1-8-28(34)20-12-22-23-18(13-30(22)25(32)19(20)14-35-26(28)33)24(37(6,7)27(3,4)5)17-11-16(36-15(2)31)9-10-21(17)29-23/h9-12,34H,8,13-14H2,1-7H3/t28-/m1/s1. The van der Waals surface area contributed by atoms with Crippen LogP contribution < -0.4 is 15.5 Å². The molecule has 1 aromatic carbocycles. The topological polar surface area (TPSA) is 108 Å². The first-order chi connectivity index (χ1) is 17.2. The lowest BCUT2D eigenvalue weighted by Crippen LogP contribution is -2.51. The van der Waals surface area contributed by atoms with Crippen LogP contribution >= 0.6 is 0 Å². The normalized spacial score (nSPS) is 18.8. The maximum Gasteiger partial charge on any atom is 0.343 e. The van der Waals surface area contributed by atoms with Gasteiger partial charge in [-0.25, -0.2) is 9.78 Å². The third-order valence-electron chi connectivity index (χ3n) is 8.42. The van der Waals surface area contributed by atoms with Crippen molar-refractivity contribution in [1.29, 1.82) is 0 Å². The Morgan fingerprint density at radius 1 is 1.22 bits per heavy atom. The second-order valence-electron chi connectivity index (χ2n) is 11.6. The molecule has 2 aliphatic rings. The second-order valence-corrected chi connectivity index (χ2v) is 16.8. The first-order valence-corrected chi connectivity index (χ1v) is 15.5. The highest BCUT2D eigenvalue weighted by Crippen LogP contribution is 2.42. The summed E-state index contributed by atoms with van der Waals surface area (Å²) in [6.45, 7) is 14.5. The fourth-order valence-corrected chi connectivity index (χ4v) is 7.95. The zero-order valence-corrected chi connectivity index (χ0v) is 23.3. The first-order valence-electron chi connectivity index (χ1n) is 12.5. The molecular weight excluding hydrogens is 488 g/mol. The van der Waals surface area contributed by atoms with E-state index in [-0.39, 0.29) is 23.6 Å². The summed E-state index contributed by atoms with van der Waals surface area (Å²) in [5.74, 6) is -0.683. The Hall–Kier alpha value is -3.30. The van der Waals surface area contributed by atoms with E-state index in [0.29, 0.717) is 34.8 Å². The molecule has 0 bridgehead atoms. The molecule has 0 fully saturated rings. The number of rotatable bonds is 3. The van der Waals surface area contributed by atoms with Gasteiger partial charge in [0.1, 0.15) is 12.4 Å².